The van der Waals surface area contributed by atoms with Crippen molar-refractivity contribution in [2.45, 2.75) is 6.92 Å². The second-order valence-electron chi connectivity index (χ2n) is 4.84. The number of esters is 1. The molecule has 2 aromatic carbocycles. The maximum atomic E-state index is 12.1. The van der Waals surface area contributed by atoms with Crippen LogP contribution in [0.5, 0.6) is 5.75 Å². The lowest BCUT2D eigenvalue weighted by Gasteiger charge is -2.08. The van der Waals surface area contributed by atoms with E-state index in [1.54, 1.807) is 62.6 Å². The number of methoxy groups -OCH3 is 1. The van der Waals surface area contributed by atoms with Crippen LogP contribution in [-0.2, 0) is 4.74 Å². The molecule has 24 heavy (non-hydrogen) atoms. The highest BCUT2D eigenvalue weighted by Crippen LogP contribution is 2.16. The molecular weight excluding hydrogens is 306 g/mol. The molecule has 1 N–H and O–H groups in total. The molecule has 0 atom stereocenters. The van der Waals surface area contributed by atoms with E-state index in [4.69, 9.17) is 9.47 Å². The van der Waals surface area contributed by atoms with Gasteiger partial charge in [-0.2, -0.15) is 0 Å². The van der Waals surface area contributed by atoms with Crippen LogP contribution in [0.15, 0.2) is 60.8 Å². The van der Waals surface area contributed by atoms with Crippen molar-refractivity contribution in [3.05, 3.63) is 71.9 Å². The van der Waals surface area contributed by atoms with Crippen LogP contribution in [0.25, 0.3) is 0 Å². The number of allylic oxidation sites excluding steroid dienone is 1. The Morgan fingerprint density at radius 1 is 1.08 bits per heavy atom. The van der Waals surface area contributed by atoms with Crippen LogP contribution in [-0.4, -0.2) is 25.5 Å². The molecule has 0 saturated heterocycles. The minimum atomic E-state index is -0.407. The van der Waals surface area contributed by atoms with Gasteiger partial charge in [0.1, 0.15) is 5.75 Å². The molecule has 0 aromatic heterocycles. The summed E-state index contributed by atoms with van der Waals surface area (Å²) in [4.78, 5) is 24.0. The molecule has 0 unspecified atom stereocenters. The molecule has 5 nitrogen and oxygen atoms in total. The monoisotopic (exact) mass is 325 g/mol. The van der Waals surface area contributed by atoms with Crippen molar-refractivity contribution in [1.82, 2.24) is 0 Å². The van der Waals surface area contributed by atoms with Gasteiger partial charge in [0.15, 0.2) is 5.78 Å². The molecule has 0 bridgehead atoms. The van der Waals surface area contributed by atoms with Gasteiger partial charge >= 0.3 is 5.97 Å². The molecule has 0 aliphatic rings. The fourth-order valence-electron chi connectivity index (χ4n) is 2.05. The number of benzene rings is 2. The van der Waals surface area contributed by atoms with Crippen LogP contribution in [0, 0.1) is 0 Å². The van der Waals surface area contributed by atoms with Crippen molar-refractivity contribution in [2.24, 2.45) is 0 Å². The number of ketones is 1. The number of carbonyl (C=O) groups excluding carboxylic acids is 2. The lowest BCUT2D eigenvalue weighted by atomic mass is 10.1. The SMILES string of the molecule is CCOC(=O)c1ccccc1NC=CC(=O)c1ccc(OC)cc1. The molecule has 124 valence electrons. The van der Waals surface area contributed by atoms with Crippen LogP contribution in [0.2, 0.25) is 0 Å². The molecule has 2 rings (SSSR count). The van der Waals surface area contributed by atoms with Crippen LogP contribution >= 0.6 is 0 Å². The van der Waals surface area contributed by atoms with Crippen molar-refractivity contribution in [3.63, 3.8) is 0 Å². The zero-order valence-electron chi connectivity index (χ0n) is 13.6. The molecule has 0 radical (unpaired) electrons. The molecule has 2 aromatic rings. The molecule has 0 fully saturated rings. The zero-order chi connectivity index (χ0) is 17.4. The summed E-state index contributed by atoms with van der Waals surface area (Å²) in [5.41, 5.74) is 1.54. The molecule has 0 saturated carbocycles. The van der Waals surface area contributed by atoms with Crippen LogP contribution < -0.4 is 10.1 Å². The maximum Gasteiger partial charge on any atom is 0.340 e. The number of rotatable bonds is 7. The van der Waals surface area contributed by atoms with Gasteiger partial charge in [0.05, 0.1) is 25.0 Å². The van der Waals surface area contributed by atoms with E-state index in [2.05, 4.69) is 5.32 Å². The number of carbonyl (C=O) groups is 2. The highest BCUT2D eigenvalue weighted by atomic mass is 16.5. The summed E-state index contributed by atoms with van der Waals surface area (Å²) >= 11 is 0. The summed E-state index contributed by atoms with van der Waals surface area (Å²) in [5, 5.41) is 2.95. The molecule has 0 heterocycles. The average molecular weight is 325 g/mol. The quantitative estimate of drug-likeness (QED) is 0.478. The van der Waals surface area contributed by atoms with E-state index in [1.165, 1.54) is 12.3 Å². The Morgan fingerprint density at radius 3 is 2.46 bits per heavy atom. The fraction of sp³-hybridized carbons (Fsp3) is 0.158. The second kappa shape index (κ2) is 8.53. The number of hydrogen-bond acceptors (Lipinski definition) is 5. The number of anilines is 1. The first kappa shape index (κ1) is 17.3. The molecule has 0 spiro atoms. The summed E-state index contributed by atoms with van der Waals surface area (Å²) in [5.74, 6) is 0.131. The van der Waals surface area contributed by atoms with Gasteiger partial charge in [-0.15, -0.1) is 0 Å². The fourth-order valence-corrected chi connectivity index (χ4v) is 2.05. The Labute approximate surface area is 140 Å². The predicted octanol–water partition coefficient (Wildman–Crippen LogP) is 3.68. The third-order valence-corrected chi connectivity index (χ3v) is 3.27. The van der Waals surface area contributed by atoms with Crippen LogP contribution in [0.4, 0.5) is 5.69 Å². The van der Waals surface area contributed by atoms with Gasteiger partial charge in [-0.05, 0) is 43.3 Å². The first-order valence-corrected chi connectivity index (χ1v) is 7.53. The van der Waals surface area contributed by atoms with Gasteiger partial charge in [-0.1, -0.05) is 12.1 Å². The maximum absolute atomic E-state index is 12.1. The highest BCUT2D eigenvalue weighted by molar-refractivity contribution is 6.04. The first-order chi connectivity index (χ1) is 11.7. The summed E-state index contributed by atoms with van der Waals surface area (Å²) in [6, 6.07) is 13.8. The lowest BCUT2D eigenvalue weighted by Crippen LogP contribution is -2.07. The number of hydrogen-bond donors (Lipinski definition) is 1. The minimum absolute atomic E-state index is 0.154. The van der Waals surface area contributed by atoms with E-state index in [0.717, 1.165) is 0 Å². The van der Waals surface area contributed by atoms with Gasteiger partial charge in [0.2, 0.25) is 0 Å². The van der Waals surface area contributed by atoms with Crippen LogP contribution in [0.1, 0.15) is 27.6 Å². The van der Waals surface area contributed by atoms with E-state index in [-0.39, 0.29) is 5.78 Å². The zero-order valence-corrected chi connectivity index (χ0v) is 13.6. The van der Waals surface area contributed by atoms with Crippen molar-refractivity contribution in [1.29, 1.82) is 0 Å². The van der Waals surface area contributed by atoms with Gasteiger partial charge in [0, 0.05) is 17.8 Å². The largest absolute Gasteiger partial charge is 0.497 e. The Morgan fingerprint density at radius 2 is 1.79 bits per heavy atom. The topological polar surface area (TPSA) is 64.6 Å². The minimum Gasteiger partial charge on any atom is -0.497 e. The van der Waals surface area contributed by atoms with Gasteiger partial charge in [-0.25, -0.2) is 4.79 Å². The summed E-state index contributed by atoms with van der Waals surface area (Å²) in [6.07, 6.45) is 2.91. The molecule has 0 aliphatic heterocycles. The molecular formula is C19H19NO4. The van der Waals surface area contributed by atoms with E-state index < -0.39 is 5.97 Å². The molecule has 0 aliphatic carbocycles. The molecule has 5 heteroatoms. The average Bonchev–Trinajstić information content (AvgIpc) is 2.62. The van der Waals surface area contributed by atoms with Gasteiger partial charge < -0.3 is 14.8 Å². The van der Waals surface area contributed by atoms with Crippen molar-refractivity contribution in [3.8, 4) is 5.75 Å². The smallest absolute Gasteiger partial charge is 0.340 e. The summed E-state index contributed by atoms with van der Waals surface area (Å²) in [7, 11) is 1.57. The lowest BCUT2D eigenvalue weighted by molar-refractivity contribution is 0.0527. The van der Waals surface area contributed by atoms with Crippen molar-refractivity contribution >= 4 is 17.4 Å². The third-order valence-electron chi connectivity index (χ3n) is 3.27. The summed E-state index contributed by atoms with van der Waals surface area (Å²) < 4.78 is 10.1. The normalized spacial score (nSPS) is 10.4. The summed E-state index contributed by atoms with van der Waals surface area (Å²) in [6.45, 7) is 2.06. The Balaban J connectivity index is 2.05. The molecule has 0 amide bonds. The Hall–Kier alpha value is -3.08. The standard InChI is InChI=1S/C19H19NO4/c1-3-24-19(22)16-6-4-5-7-17(16)20-13-12-18(21)14-8-10-15(23-2)11-9-14/h4-13,20H,3H2,1-2H3. The Bertz CT molecular complexity index is 735. The van der Waals surface area contributed by atoms with E-state index in [0.29, 0.717) is 29.2 Å². The number of nitrogens with one attached hydrogen (secondary N) is 1. The van der Waals surface area contributed by atoms with Crippen molar-refractivity contribution in [2.75, 3.05) is 19.0 Å². The van der Waals surface area contributed by atoms with E-state index >= 15 is 0 Å². The predicted molar refractivity (Wildman–Crippen MR) is 92.5 cm³/mol. The second-order valence-corrected chi connectivity index (χ2v) is 4.84. The van der Waals surface area contributed by atoms with Crippen LogP contribution in [0.3, 0.4) is 0 Å². The third kappa shape index (κ3) is 4.46. The van der Waals surface area contributed by atoms with Crippen molar-refractivity contribution < 1.29 is 19.1 Å². The Kier molecular flexibility index (Phi) is 6.14. The number of para-hydroxylation sites is 1. The highest BCUT2D eigenvalue weighted by Gasteiger charge is 2.10. The van der Waals surface area contributed by atoms with E-state index in [9.17, 15) is 9.59 Å². The first-order valence-electron chi connectivity index (χ1n) is 7.53. The van der Waals surface area contributed by atoms with Gasteiger partial charge in [-0.3, -0.25) is 4.79 Å². The number of ether oxygens (including phenoxy) is 2. The van der Waals surface area contributed by atoms with Gasteiger partial charge in [0.25, 0.3) is 0 Å². The van der Waals surface area contributed by atoms with E-state index in [1.807, 2.05) is 0 Å².